The molecule has 0 amide bonds. The molecular weight excluding hydrogens is 317 g/mol. The largest absolute Gasteiger partial charge is 0.425 e. The highest BCUT2D eigenvalue weighted by Crippen LogP contribution is 2.47. The quantitative estimate of drug-likeness (QED) is 0.681. The van der Waals surface area contributed by atoms with E-state index in [2.05, 4.69) is 0 Å². The molecule has 0 fully saturated rings. The molecule has 2 aromatic carbocycles. The minimum atomic E-state index is -4.56. The van der Waals surface area contributed by atoms with E-state index >= 15 is 0 Å². The van der Waals surface area contributed by atoms with Crippen molar-refractivity contribution in [3.8, 4) is 0 Å². The first-order chi connectivity index (χ1) is 10.7. The van der Waals surface area contributed by atoms with Gasteiger partial charge in [0.15, 0.2) is 0 Å². The number of hydrogen-bond donors (Lipinski definition) is 0. The highest BCUT2D eigenvalue weighted by Gasteiger charge is 2.58. The van der Waals surface area contributed by atoms with Crippen LogP contribution in [-0.2, 0) is 10.0 Å². The summed E-state index contributed by atoms with van der Waals surface area (Å²) in [6.45, 7) is 7.13. The first-order valence-electron chi connectivity index (χ1n) is 7.37. The van der Waals surface area contributed by atoms with Crippen molar-refractivity contribution in [3.63, 3.8) is 0 Å². The van der Waals surface area contributed by atoms with Crippen LogP contribution in [0.5, 0.6) is 0 Å². The minimum Gasteiger partial charge on any atom is -0.397 e. The van der Waals surface area contributed by atoms with Crippen LogP contribution in [0.25, 0.3) is 0 Å². The molecule has 23 heavy (non-hydrogen) atoms. The minimum absolute atomic E-state index is 0.116. The molecule has 0 aromatic heterocycles. The molecule has 5 heteroatoms. The van der Waals surface area contributed by atoms with Crippen molar-refractivity contribution in [2.24, 2.45) is 0 Å². The zero-order valence-corrected chi connectivity index (χ0v) is 14.7. The summed E-state index contributed by atoms with van der Waals surface area (Å²) in [5.41, 5.74) is -0.373. The van der Waals surface area contributed by atoms with E-state index in [1.807, 2.05) is 13.8 Å². The van der Waals surface area contributed by atoms with E-state index in [1.54, 1.807) is 37.4 Å². The van der Waals surface area contributed by atoms with Crippen molar-refractivity contribution in [1.82, 2.24) is 0 Å². The van der Waals surface area contributed by atoms with Gasteiger partial charge in [0.05, 0.1) is 0 Å². The Labute approximate surface area is 136 Å². The van der Waals surface area contributed by atoms with E-state index in [0.717, 1.165) is 11.1 Å². The highest BCUT2D eigenvalue weighted by molar-refractivity contribution is 6.48. The maximum Gasteiger partial charge on any atom is 0.425 e. The monoisotopic (exact) mass is 337 g/mol. The van der Waals surface area contributed by atoms with Gasteiger partial charge in [-0.1, -0.05) is 59.7 Å². The van der Waals surface area contributed by atoms with E-state index in [0.29, 0.717) is 0 Å². The van der Waals surface area contributed by atoms with Crippen LogP contribution in [-0.4, -0.2) is 15.2 Å². The van der Waals surface area contributed by atoms with Crippen molar-refractivity contribution in [2.75, 3.05) is 0 Å². The van der Waals surface area contributed by atoms with Gasteiger partial charge in [0.2, 0.25) is 14.6 Å². The summed E-state index contributed by atoms with van der Waals surface area (Å²) in [5, 5.41) is 0. The molecule has 0 atom stereocenters. The van der Waals surface area contributed by atoms with Crippen LogP contribution in [0.4, 0.5) is 13.2 Å². The zero-order chi connectivity index (χ0) is 17.3. The topological polar surface area (TPSA) is 9.23 Å². The normalized spacial score (nSPS) is 12.7. The second kappa shape index (κ2) is 6.49. The van der Waals surface area contributed by atoms with Crippen molar-refractivity contribution >= 4 is 9.04 Å². The predicted octanol–water partition coefficient (Wildman–Crippen LogP) is 5.38. The zero-order valence-electron chi connectivity index (χ0n) is 13.7. The molecule has 0 aliphatic carbocycles. The van der Waals surface area contributed by atoms with Gasteiger partial charge in [0.25, 0.3) is 0 Å². The van der Waals surface area contributed by atoms with Crippen LogP contribution in [0, 0.1) is 13.8 Å². The summed E-state index contributed by atoms with van der Waals surface area (Å²) < 4.78 is 48.2. The summed E-state index contributed by atoms with van der Waals surface area (Å²) >= 11 is 0. The van der Waals surface area contributed by atoms with Gasteiger partial charge in [-0.2, -0.15) is 13.2 Å². The van der Waals surface area contributed by atoms with Crippen LogP contribution in [0.2, 0.25) is 13.1 Å². The van der Waals surface area contributed by atoms with E-state index in [-0.39, 0.29) is 11.1 Å². The molecule has 123 valence electrons. The van der Waals surface area contributed by atoms with E-state index in [1.165, 1.54) is 24.3 Å². The molecule has 2 rings (SSSR count). The molecule has 0 aliphatic heterocycles. The third kappa shape index (κ3) is 3.51. The number of alkyl halides is 3. The lowest BCUT2D eigenvalue weighted by Crippen LogP contribution is -2.48. The second-order valence-corrected chi connectivity index (χ2v) is 7.94. The van der Waals surface area contributed by atoms with Crippen LogP contribution < -0.4 is 0 Å². The summed E-state index contributed by atoms with van der Waals surface area (Å²) in [4.78, 5) is 0. The second-order valence-electron chi connectivity index (χ2n) is 5.92. The maximum absolute atomic E-state index is 14.2. The molecule has 0 unspecified atom stereocenters. The van der Waals surface area contributed by atoms with Gasteiger partial charge in [-0.15, -0.1) is 0 Å². The lowest BCUT2D eigenvalue weighted by atomic mass is 9.85. The number of benzene rings is 2. The van der Waals surface area contributed by atoms with E-state index in [9.17, 15) is 13.2 Å². The van der Waals surface area contributed by atoms with Crippen molar-refractivity contribution in [2.45, 2.75) is 38.7 Å². The average molecular weight is 337 g/mol. The summed E-state index contributed by atoms with van der Waals surface area (Å²) in [5.74, 6) is 0. The smallest absolute Gasteiger partial charge is 0.397 e. The van der Waals surface area contributed by atoms with Crippen LogP contribution in [0.1, 0.15) is 22.3 Å². The maximum atomic E-state index is 14.2. The molecule has 0 spiro atoms. The fourth-order valence-electron chi connectivity index (χ4n) is 2.55. The number of aryl methyl sites for hydroxylation is 2. The average Bonchev–Trinajstić information content (AvgIpc) is 2.45. The first-order valence-corrected chi connectivity index (χ1v) is 9.78. The molecule has 0 aliphatic rings. The SMILES string of the molecule is Cc1ccc(C(O[Si](C)C)(c2ccc(C)cc2)C(F)(F)F)cc1. The molecular formula is C18H20F3OSi. The molecule has 0 saturated heterocycles. The standard InChI is InChI=1S/C18H20F3OSi/c1-13-5-9-15(10-6-13)17(18(19,20)21,22-23(3)4)16-11-7-14(2)8-12-16/h5-12H,1-4H3. The third-order valence-electron chi connectivity index (χ3n) is 3.67. The number of rotatable bonds is 4. The molecule has 0 heterocycles. The highest BCUT2D eigenvalue weighted by atomic mass is 28.3. The van der Waals surface area contributed by atoms with E-state index in [4.69, 9.17) is 4.43 Å². The van der Waals surface area contributed by atoms with Crippen molar-refractivity contribution in [1.29, 1.82) is 0 Å². The van der Waals surface area contributed by atoms with Gasteiger partial charge in [-0.05, 0) is 38.1 Å². The van der Waals surface area contributed by atoms with Gasteiger partial charge in [-0.3, -0.25) is 0 Å². The third-order valence-corrected chi connectivity index (χ3v) is 4.39. The Hall–Kier alpha value is -1.59. The van der Waals surface area contributed by atoms with Gasteiger partial charge in [0, 0.05) is 0 Å². The molecule has 1 nitrogen and oxygen atoms in total. The Morgan fingerprint density at radius 2 is 1.09 bits per heavy atom. The lowest BCUT2D eigenvalue weighted by molar-refractivity contribution is -0.239. The van der Waals surface area contributed by atoms with Gasteiger partial charge < -0.3 is 4.43 Å². The van der Waals surface area contributed by atoms with Gasteiger partial charge in [-0.25, -0.2) is 0 Å². The van der Waals surface area contributed by atoms with E-state index < -0.39 is 20.8 Å². The number of hydrogen-bond acceptors (Lipinski definition) is 1. The predicted molar refractivity (Wildman–Crippen MR) is 87.8 cm³/mol. The van der Waals surface area contributed by atoms with Crippen LogP contribution in [0.3, 0.4) is 0 Å². The Morgan fingerprint density at radius 1 is 0.739 bits per heavy atom. The molecule has 0 N–H and O–H groups in total. The Bertz CT molecular complexity index is 600. The molecule has 1 radical (unpaired) electrons. The number of halogens is 3. The van der Waals surface area contributed by atoms with Crippen LogP contribution in [0.15, 0.2) is 48.5 Å². The Balaban J connectivity index is 2.74. The summed E-state index contributed by atoms with van der Waals surface area (Å²) in [6.07, 6.45) is -4.56. The Kier molecular flexibility index (Phi) is 5.01. The van der Waals surface area contributed by atoms with Crippen LogP contribution >= 0.6 is 0 Å². The lowest BCUT2D eigenvalue weighted by Gasteiger charge is -2.38. The van der Waals surface area contributed by atoms with Crippen molar-refractivity contribution in [3.05, 3.63) is 70.8 Å². The van der Waals surface area contributed by atoms with Crippen molar-refractivity contribution < 1.29 is 17.6 Å². The first kappa shape index (κ1) is 17.8. The summed E-state index contributed by atoms with van der Waals surface area (Å²) in [7, 11) is -1.61. The molecule has 0 bridgehead atoms. The Morgan fingerprint density at radius 3 is 1.35 bits per heavy atom. The fraction of sp³-hybridized carbons (Fsp3) is 0.333. The fourth-order valence-corrected chi connectivity index (χ4v) is 3.52. The molecule has 2 aromatic rings. The summed E-state index contributed by atoms with van der Waals surface area (Å²) in [6, 6.07) is 12.8. The van der Waals surface area contributed by atoms with Gasteiger partial charge in [0.1, 0.15) is 0 Å². The van der Waals surface area contributed by atoms with Gasteiger partial charge >= 0.3 is 6.18 Å². The molecule has 0 saturated carbocycles.